The van der Waals surface area contributed by atoms with Crippen molar-refractivity contribution in [2.24, 2.45) is 0 Å². The lowest BCUT2D eigenvalue weighted by atomic mass is 10.3. The first-order valence-corrected chi connectivity index (χ1v) is 5.94. The minimum absolute atomic E-state index is 0.572. The Kier molecular flexibility index (Phi) is 3.00. The number of hydrogen-bond donors (Lipinski definition) is 1. The van der Waals surface area contributed by atoms with Crippen LogP contribution in [0.2, 0.25) is 0 Å². The van der Waals surface area contributed by atoms with E-state index in [2.05, 4.69) is 9.97 Å². The Labute approximate surface area is 90.4 Å². The summed E-state index contributed by atoms with van der Waals surface area (Å²) in [6, 6.07) is 3.86. The zero-order valence-corrected chi connectivity index (χ0v) is 9.02. The number of nitrogens with zero attached hydrogens (tertiary/aromatic N) is 2. The maximum atomic E-state index is 5.57. The van der Waals surface area contributed by atoms with Gasteiger partial charge >= 0.3 is 0 Å². The summed E-state index contributed by atoms with van der Waals surface area (Å²) in [5, 5.41) is 1.98. The lowest BCUT2D eigenvalue weighted by molar-refractivity contribution is 1.23. The van der Waals surface area contributed by atoms with E-state index in [0.717, 1.165) is 10.1 Å². The van der Waals surface area contributed by atoms with E-state index in [1.165, 1.54) is 5.56 Å². The third-order valence-corrected chi connectivity index (χ3v) is 3.65. The predicted molar refractivity (Wildman–Crippen MR) is 60.3 cm³/mol. The molecule has 0 aliphatic rings. The molecule has 0 saturated carbocycles. The third-order valence-electron chi connectivity index (χ3n) is 1.62. The summed E-state index contributed by atoms with van der Waals surface area (Å²) in [4.78, 5) is 8.13. The van der Waals surface area contributed by atoms with Crippen LogP contribution in [0.15, 0.2) is 34.2 Å². The van der Waals surface area contributed by atoms with Crippen molar-refractivity contribution >= 4 is 28.9 Å². The van der Waals surface area contributed by atoms with Crippen molar-refractivity contribution in [1.82, 2.24) is 9.97 Å². The summed E-state index contributed by atoms with van der Waals surface area (Å²) >= 11 is 3.36. The van der Waals surface area contributed by atoms with Crippen LogP contribution in [-0.2, 0) is 5.75 Å². The van der Waals surface area contributed by atoms with Crippen LogP contribution in [0, 0.1) is 0 Å². The molecule has 5 heteroatoms. The predicted octanol–water partition coefficient (Wildman–Crippen LogP) is 2.41. The van der Waals surface area contributed by atoms with Crippen LogP contribution in [0.3, 0.4) is 0 Å². The minimum atomic E-state index is 0.572. The van der Waals surface area contributed by atoms with Crippen LogP contribution in [-0.4, -0.2) is 9.97 Å². The van der Waals surface area contributed by atoms with E-state index in [1.54, 1.807) is 29.3 Å². The lowest BCUT2D eigenvalue weighted by Crippen LogP contribution is -1.90. The van der Waals surface area contributed by atoms with Crippen molar-refractivity contribution in [2.45, 2.75) is 10.1 Å². The fraction of sp³-hybridized carbons (Fsp3) is 0.111. The van der Waals surface area contributed by atoms with Crippen LogP contribution in [0.4, 0.5) is 5.82 Å². The van der Waals surface area contributed by atoms with Crippen LogP contribution in [0.25, 0.3) is 0 Å². The second-order valence-corrected chi connectivity index (χ2v) is 4.79. The molecular formula is C9H9N3S2. The molecule has 2 aromatic rings. The molecule has 72 valence electrons. The van der Waals surface area contributed by atoms with Crippen molar-refractivity contribution in [3.8, 4) is 0 Å². The van der Waals surface area contributed by atoms with Gasteiger partial charge in [0.2, 0.25) is 0 Å². The molecule has 0 radical (unpaired) electrons. The van der Waals surface area contributed by atoms with Crippen molar-refractivity contribution < 1.29 is 0 Å². The number of aromatic nitrogens is 2. The van der Waals surface area contributed by atoms with Gasteiger partial charge in [-0.15, -0.1) is 11.3 Å². The molecule has 0 aromatic carbocycles. The van der Waals surface area contributed by atoms with Gasteiger partial charge in [-0.25, -0.2) is 9.97 Å². The van der Waals surface area contributed by atoms with E-state index in [1.807, 2.05) is 23.7 Å². The number of anilines is 1. The molecule has 0 aliphatic carbocycles. The molecule has 0 unspecified atom stereocenters. The van der Waals surface area contributed by atoms with Crippen molar-refractivity contribution in [3.05, 3.63) is 35.5 Å². The Morgan fingerprint density at radius 1 is 1.36 bits per heavy atom. The van der Waals surface area contributed by atoms with Gasteiger partial charge in [0.25, 0.3) is 0 Å². The Balaban J connectivity index is 1.98. The maximum Gasteiger partial charge on any atom is 0.150 e. The molecular weight excluding hydrogens is 214 g/mol. The van der Waals surface area contributed by atoms with Gasteiger partial charge < -0.3 is 5.73 Å². The smallest absolute Gasteiger partial charge is 0.150 e. The van der Waals surface area contributed by atoms with Gasteiger partial charge in [0.05, 0.1) is 0 Å². The number of nitrogen functional groups attached to an aromatic ring is 1. The van der Waals surface area contributed by atoms with E-state index in [-0.39, 0.29) is 0 Å². The van der Waals surface area contributed by atoms with Gasteiger partial charge in [-0.1, -0.05) is 11.8 Å². The zero-order chi connectivity index (χ0) is 9.80. The Bertz CT molecular complexity index is 400. The molecule has 0 saturated heterocycles. The van der Waals surface area contributed by atoms with E-state index in [0.29, 0.717) is 5.82 Å². The summed E-state index contributed by atoms with van der Waals surface area (Å²) in [7, 11) is 0. The van der Waals surface area contributed by atoms with Gasteiger partial charge in [0.1, 0.15) is 10.2 Å². The summed E-state index contributed by atoms with van der Waals surface area (Å²) < 4.78 is 1.08. The second-order valence-electron chi connectivity index (χ2n) is 2.68. The highest BCUT2D eigenvalue weighted by atomic mass is 32.2. The van der Waals surface area contributed by atoms with Crippen LogP contribution in [0.1, 0.15) is 5.56 Å². The van der Waals surface area contributed by atoms with Crippen molar-refractivity contribution in [3.63, 3.8) is 0 Å². The van der Waals surface area contributed by atoms with Crippen molar-refractivity contribution in [1.29, 1.82) is 0 Å². The normalized spacial score (nSPS) is 10.3. The second kappa shape index (κ2) is 4.43. The largest absolute Gasteiger partial charge is 0.384 e. The Morgan fingerprint density at radius 3 is 3.00 bits per heavy atom. The first-order valence-electron chi connectivity index (χ1n) is 4.07. The van der Waals surface area contributed by atoms with Gasteiger partial charge in [0, 0.05) is 23.5 Å². The van der Waals surface area contributed by atoms with E-state index in [4.69, 9.17) is 5.73 Å². The van der Waals surface area contributed by atoms with Crippen LogP contribution in [0.5, 0.6) is 0 Å². The highest BCUT2D eigenvalue weighted by Crippen LogP contribution is 2.24. The minimum Gasteiger partial charge on any atom is -0.384 e. The fourth-order valence-electron chi connectivity index (χ4n) is 1.01. The molecule has 2 heterocycles. The summed E-state index contributed by atoms with van der Waals surface area (Å²) in [6.45, 7) is 0. The molecule has 0 bridgehead atoms. The molecule has 0 fully saturated rings. The fourth-order valence-corrected chi connectivity index (χ4v) is 2.59. The van der Waals surface area contributed by atoms with Gasteiger partial charge in [-0.05, 0) is 17.7 Å². The molecule has 2 aromatic heterocycles. The molecule has 0 aliphatic heterocycles. The lowest BCUT2D eigenvalue weighted by Gasteiger charge is -1.99. The SMILES string of the molecule is Nc1cc(CSc2nccs2)ccn1. The zero-order valence-electron chi connectivity index (χ0n) is 7.38. The number of pyridine rings is 1. The summed E-state index contributed by atoms with van der Waals surface area (Å²) in [5.74, 6) is 1.46. The number of nitrogens with two attached hydrogens (primary N) is 1. The number of thioether (sulfide) groups is 1. The number of thiazole rings is 1. The van der Waals surface area contributed by atoms with Crippen LogP contribution >= 0.6 is 23.1 Å². The highest BCUT2D eigenvalue weighted by molar-refractivity contribution is 8.00. The van der Waals surface area contributed by atoms with E-state index < -0.39 is 0 Å². The summed E-state index contributed by atoms with van der Waals surface area (Å²) in [5.41, 5.74) is 6.75. The van der Waals surface area contributed by atoms with E-state index in [9.17, 15) is 0 Å². The molecule has 0 spiro atoms. The molecule has 2 N–H and O–H groups in total. The highest BCUT2D eigenvalue weighted by Gasteiger charge is 1.98. The molecule has 0 amide bonds. The van der Waals surface area contributed by atoms with Gasteiger partial charge in [-0.2, -0.15) is 0 Å². The maximum absolute atomic E-state index is 5.57. The van der Waals surface area contributed by atoms with Crippen molar-refractivity contribution in [2.75, 3.05) is 5.73 Å². The monoisotopic (exact) mass is 223 g/mol. The quantitative estimate of drug-likeness (QED) is 0.812. The summed E-state index contributed by atoms with van der Waals surface area (Å²) in [6.07, 6.45) is 3.54. The average molecular weight is 223 g/mol. The number of hydrogen-bond acceptors (Lipinski definition) is 5. The van der Waals surface area contributed by atoms with Gasteiger partial charge in [0.15, 0.2) is 0 Å². The van der Waals surface area contributed by atoms with Crippen LogP contribution < -0.4 is 5.73 Å². The Hall–Kier alpha value is -1.07. The Morgan fingerprint density at radius 2 is 2.29 bits per heavy atom. The first kappa shape index (κ1) is 9.48. The molecule has 3 nitrogen and oxygen atoms in total. The van der Waals surface area contributed by atoms with Gasteiger partial charge in [-0.3, -0.25) is 0 Å². The standard InChI is InChI=1S/C9H9N3S2/c10-8-5-7(1-2-11-8)6-14-9-12-3-4-13-9/h1-5H,6H2,(H2,10,11). The molecule has 0 atom stereocenters. The average Bonchev–Trinajstić information content (AvgIpc) is 2.67. The van der Waals surface area contributed by atoms with E-state index >= 15 is 0 Å². The third kappa shape index (κ3) is 2.46. The molecule has 2 rings (SSSR count). The molecule has 14 heavy (non-hydrogen) atoms. The first-order chi connectivity index (χ1) is 6.84. The topological polar surface area (TPSA) is 51.8 Å². The number of rotatable bonds is 3.